The predicted octanol–water partition coefficient (Wildman–Crippen LogP) is 6.10. The first-order valence-corrected chi connectivity index (χ1v) is 6.88. The highest BCUT2D eigenvalue weighted by atomic mass is 35.5. The molecule has 0 bridgehead atoms. The van der Waals surface area contributed by atoms with Crippen molar-refractivity contribution in [3.8, 4) is 0 Å². The minimum Gasteiger partial charge on any atom is -0.378 e. The van der Waals surface area contributed by atoms with Crippen LogP contribution in [0.2, 0.25) is 15.1 Å². The van der Waals surface area contributed by atoms with E-state index in [-0.39, 0.29) is 11.1 Å². The van der Waals surface area contributed by atoms with Gasteiger partial charge in [-0.3, -0.25) is 0 Å². The van der Waals surface area contributed by atoms with Crippen molar-refractivity contribution in [1.29, 1.82) is 0 Å². The molecule has 2 rings (SSSR count). The van der Waals surface area contributed by atoms with Gasteiger partial charge in [-0.05, 0) is 30.7 Å². The molecule has 0 amide bonds. The van der Waals surface area contributed by atoms with Crippen molar-refractivity contribution in [3.05, 3.63) is 62.6 Å². The zero-order valence-electron chi connectivity index (χ0n) is 10.4. The van der Waals surface area contributed by atoms with Gasteiger partial charge in [-0.2, -0.15) is 0 Å². The van der Waals surface area contributed by atoms with Crippen LogP contribution in [0.3, 0.4) is 0 Å². The maximum atomic E-state index is 13.1. The number of halogens is 5. The third-order valence-corrected chi connectivity index (χ3v) is 4.09. The number of nitrogens with one attached hydrogen (secondary N) is 1. The number of anilines is 1. The van der Waals surface area contributed by atoms with Gasteiger partial charge in [0.05, 0.1) is 21.1 Å². The maximum Gasteiger partial charge on any atom is 0.128 e. The third-order valence-electron chi connectivity index (χ3n) is 2.78. The molecule has 0 heterocycles. The lowest BCUT2D eigenvalue weighted by atomic mass is 10.1. The van der Waals surface area contributed by atoms with Crippen LogP contribution in [0.4, 0.5) is 14.5 Å². The molecule has 1 unspecified atom stereocenters. The Morgan fingerprint density at radius 2 is 1.55 bits per heavy atom. The molecule has 106 valence electrons. The van der Waals surface area contributed by atoms with Gasteiger partial charge in [0.15, 0.2) is 0 Å². The second kappa shape index (κ2) is 6.17. The zero-order valence-corrected chi connectivity index (χ0v) is 12.6. The first-order valence-electron chi connectivity index (χ1n) is 5.74. The quantitative estimate of drug-likeness (QED) is 0.668. The first-order chi connectivity index (χ1) is 9.38. The second-order valence-electron chi connectivity index (χ2n) is 4.29. The van der Waals surface area contributed by atoms with Crippen LogP contribution in [-0.4, -0.2) is 0 Å². The summed E-state index contributed by atoms with van der Waals surface area (Å²) >= 11 is 17.9. The molecule has 1 nitrogen and oxygen atoms in total. The van der Waals surface area contributed by atoms with Gasteiger partial charge in [-0.15, -0.1) is 0 Å². The summed E-state index contributed by atoms with van der Waals surface area (Å²) in [6, 6.07) is 6.25. The van der Waals surface area contributed by atoms with Crippen molar-refractivity contribution in [1.82, 2.24) is 0 Å². The summed E-state index contributed by atoms with van der Waals surface area (Å²) in [6.45, 7) is 1.80. The van der Waals surface area contributed by atoms with Gasteiger partial charge in [-0.25, -0.2) is 8.78 Å². The lowest BCUT2D eigenvalue weighted by Crippen LogP contribution is -2.08. The number of hydrogen-bond donors (Lipinski definition) is 1. The van der Waals surface area contributed by atoms with Crippen LogP contribution >= 0.6 is 34.8 Å². The lowest BCUT2D eigenvalue weighted by molar-refractivity contribution is 0.583. The molecule has 0 aliphatic rings. The van der Waals surface area contributed by atoms with E-state index in [1.807, 2.05) is 0 Å². The lowest BCUT2D eigenvalue weighted by Gasteiger charge is -2.18. The summed E-state index contributed by atoms with van der Waals surface area (Å²) in [5.74, 6) is -1.31. The molecule has 2 aromatic carbocycles. The van der Waals surface area contributed by atoms with E-state index in [9.17, 15) is 8.78 Å². The molecule has 0 fully saturated rings. The fraction of sp³-hybridized carbons (Fsp3) is 0.143. The molecule has 0 saturated carbocycles. The van der Waals surface area contributed by atoms with Crippen molar-refractivity contribution in [3.63, 3.8) is 0 Å². The molecule has 0 aliphatic carbocycles. The van der Waals surface area contributed by atoms with Crippen LogP contribution in [0.15, 0.2) is 30.3 Å². The minimum absolute atomic E-state index is 0.255. The van der Waals surface area contributed by atoms with Crippen LogP contribution < -0.4 is 5.32 Å². The Morgan fingerprint density at radius 1 is 0.950 bits per heavy atom. The predicted molar refractivity (Wildman–Crippen MR) is 79.9 cm³/mol. The van der Waals surface area contributed by atoms with E-state index in [1.54, 1.807) is 19.1 Å². The van der Waals surface area contributed by atoms with E-state index in [0.29, 0.717) is 21.3 Å². The summed E-state index contributed by atoms with van der Waals surface area (Å²) in [4.78, 5) is 0. The fourth-order valence-corrected chi connectivity index (χ4v) is 2.55. The zero-order chi connectivity index (χ0) is 14.9. The molecule has 1 atom stereocenters. The van der Waals surface area contributed by atoms with Gasteiger partial charge in [0.25, 0.3) is 0 Å². The Morgan fingerprint density at radius 3 is 2.15 bits per heavy atom. The maximum absolute atomic E-state index is 13.1. The Kier molecular flexibility index (Phi) is 4.74. The molecule has 0 aliphatic heterocycles. The molecule has 0 spiro atoms. The van der Waals surface area contributed by atoms with Gasteiger partial charge >= 0.3 is 0 Å². The van der Waals surface area contributed by atoms with Gasteiger partial charge in [-0.1, -0.05) is 40.9 Å². The van der Waals surface area contributed by atoms with E-state index in [0.717, 1.165) is 6.07 Å². The average molecular weight is 337 g/mol. The van der Waals surface area contributed by atoms with E-state index in [1.165, 1.54) is 12.1 Å². The summed E-state index contributed by atoms with van der Waals surface area (Å²) in [5.41, 5.74) is 1.00. The minimum atomic E-state index is -0.653. The Balaban J connectivity index is 2.28. The van der Waals surface area contributed by atoms with Crippen LogP contribution in [0.1, 0.15) is 18.5 Å². The summed E-state index contributed by atoms with van der Waals surface area (Å²) in [5, 5.41) is 3.88. The summed E-state index contributed by atoms with van der Waals surface area (Å²) < 4.78 is 26.3. The largest absolute Gasteiger partial charge is 0.378 e. The number of rotatable bonds is 3. The molecular formula is C14H10Cl3F2N. The normalized spacial score (nSPS) is 12.3. The van der Waals surface area contributed by atoms with Crippen molar-refractivity contribution >= 4 is 40.5 Å². The van der Waals surface area contributed by atoms with E-state index in [4.69, 9.17) is 34.8 Å². The van der Waals surface area contributed by atoms with Gasteiger partial charge in [0.1, 0.15) is 11.6 Å². The Labute approximate surface area is 130 Å². The number of benzene rings is 2. The van der Waals surface area contributed by atoms with E-state index in [2.05, 4.69) is 5.32 Å². The number of hydrogen-bond acceptors (Lipinski definition) is 1. The standard InChI is InChI=1S/C14H10Cl3F2N/c1-7(11-2-3-12(15)14(17)13(11)16)20-10-5-8(18)4-9(19)6-10/h2-7,20H,1H3. The van der Waals surface area contributed by atoms with Crippen molar-refractivity contribution in [2.24, 2.45) is 0 Å². The molecule has 0 aromatic heterocycles. The highest BCUT2D eigenvalue weighted by Crippen LogP contribution is 2.36. The fourth-order valence-electron chi connectivity index (χ4n) is 1.84. The molecular weight excluding hydrogens is 327 g/mol. The summed E-state index contributed by atoms with van der Waals surface area (Å²) in [7, 11) is 0. The Bertz CT molecular complexity index is 626. The average Bonchev–Trinajstić information content (AvgIpc) is 2.34. The monoisotopic (exact) mass is 335 g/mol. The van der Waals surface area contributed by atoms with Gasteiger partial charge in [0.2, 0.25) is 0 Å². The molecule has 0 radical (unpaired) electrons. The van der Waals surface area contributed by atoms with Crippen LogP contribution in [0.25, 0.3) is 0 Å². The van der Waals surface area contributed by atoms with Crippen molar-refractivity contribution in [2.75, 3.05) is 5.32 Å². The topological polar surface area (TPSA) is 12.0 Å². The third kappa shape index (κ3) is 3.35. The van der Waals surface area contributed by atoms with Crippen LogP contribution in [0, 0.1) is 11.6 Å². The van der Waals surface area contributed by atoms with E-state index >= 15 is 0 Å². The van der Waals surface area contributed by atoms with Crippen LogP contribution in [-0.2, 0) is 0 Å². The Hall–Kier alpha value is -1.03. The molecule has 6 heteroatoms. The van der Waals surface area contributed by atoms with Gasteiger partial charge in [0, 0.05) is 11.8 Å². The highest BCUT2D eigenvalue weighted by molar-refractivity contribution is 6.48. The molecule has 0 saturated heterocycles. The van der Waals surface area contributed by atoms with Crippen LogP contribution in [0.5, 0.6) is 0 Å². The van der Waals surface area contributed by atoms with Gasteiger partial charge < -0.3 is 5.32 Å². The van der Waals surface area contributed by atoms with Crippen molar-refractivity contribution < 1.29 is 8.78 Å². The molecule has 1 N–H and O–H groups in total. The smallest absolute Gasteiger partial charge is 0.128 e. The van der Waals surface area contributed by atoms with E-state index < -0.39 is 11.6 Å². The second-order valence-corrected chi connectivity index (χ2v) is 5.45. The molecule has 2 aromatic rings. The van der Waals surface area contributed by atoms with Crippen molar-refractivity contribution in [2.45, 2.75) is 13.0 Å². The SMILES string of the molecule is CC(Nc1cc(F)cc(F)c1)c1ccc(Cl)c(Cl)c1Cl. The summed E-state index contributed by atoms with van der Waals surface area (Å²) in [6.07, 6.45) is 0. The first kappa shape index (κ1) is 15.4. The highest BCUT2D eigenvalue weighted by Gasteiger charge is 2.14. The molecule has 20 heavy (non-hydrogen) atoms.